The van der Waals surface area contributed by atoms with E-state index < -0.39 is 0 Å². The predicted octanol–water partition coefficient (Wildman–Crippen LogP) is 2.57. The average Bonchev–Trinajstić information content (AvgIpc) is 3.08. The summed E-state index contributed by atoms with van der Waals surface area (Å²) in [6.07, 6.45) is 1.60. The first-order valence-corrected chi connectivity index (χ1v) is 8.67. The normalized spacial score (nSPS) is 13.5. The van der Waals surface area contributed by atoms with Crippen molar-refractivity contribution >= 4 is 29.1 Å². The van der Waals surface area contributed by atoms with E-state index in [4.69, 9.17) is 0 Å². The summed E-state index contributed by atoms with van der Waals surface area (Å²) in [4.78, 5) is 37.6. The van der Waals surface area contributed by atoms with Gasteiger partial charge in [0, 0.05) is 42.9 Å². The van der Waals surface area contributed by atoms with E-state index in [-0.39, 0.29) is 30.7 Å². The summed E-state index contributed by atoms with van der Waals surface area (Å²) in [5.41, 5.74) is 2.00. The van der Waals surface area contributed by atoms with Crippen LogP contribution in [0.2, 0.25) is 0 Å². The van der Waals surface area contributed by atoms with Crippen molar-refractivity contribution < 1.29 is 14.4 Å². The summed E-state index contributed by atoms with van der Waals surface area (Å²) >= 11 is 0. The Morgan fingerprint density at radius 1 is 1.04 bits per heavy atom. The van der Waals surface area contributed by atoms with Gasteiger partial charge in [-0.15, -0.1) is 0 Å². The zero-order valence-electron chi connectivity index (χ0n) is 14.4. The molecule has 2 aromatic rings. The molecule has 0 unspecified atom stereocenters. The molecule has 0 bridgehead atoms. The molecule has 3 amide bonds. The van der Waals surface area contributed by atoms with Gasteiger partial charge in [-0.3, -0.25) is 14.4 Å². The van der Waals surface area contributed by atoms with Crippen LogP contribution in [0.4, 0.5) is 11.4 Å². The Kier molecular flexibility index (Phi) is 5.63. The zero-order valence-corrected chi connectivity index (χ0v) is 14.4. The maximum Gasteiger partial charge on any atom is 0.251 e. The summed E-state index contributed by atoms with van der Waals surface area (Å²) < 4.78 is 0. The van der Waals surface area contributed by atoms with Crippen molar-refractivity contribution in [1.82, 2.24) is 5.32 Å². The van der Waals surface area contributed by atoms with Gasteiger partial charge in [-0.1, -0.05) is 24.3 Å². The third-order valence-corrected chi connectivity index (χ3v) is 4.19. The number of carbonyl (C=O) groups is 3. The van der Waals surface area contributed by atoms with E-state index in [1.54, 1.807) is 41.3 Å². The van der Waals surface area contributed by atoms with E-state index in [0.29, 0.717) is 24.2 Å². The fourth-order valence-electron chi connectivity index (χ4n) is 2.88. The van der Waals surface area contributed by atoms with Crippen LogP contribution in [0.5, 0.6) is 0 Å². The van der Waals surface area contributed by atoms with Gasteiger partial charge in [-0.2, -0.15) is 0 Å². The number of carbonyl (C=O) groups excluding carboxylic acids is 3. The summed E-state index contributed by atoms with van der Waals surface area (Å²) in [6.45, 7) is 0.964. The summed E-state index contributed by atoms with van der Waals surface area (Å²) in [5.74, 6) is -0.284. The predicted molar refractivity (Wildman–Crippen MR) is 100 cm³/mol. The van der Waals surface area contributed by atoms with E-state index >= 15 is 0 Å². The number of rotatable bonds is 6. The van der Waals surface area contributed by atoms with Gasteiger partial charge in [0.25, 0.3) is 5.91 Å². The first-order chi connectivity index (χ1) is 12.6. The van der Waals surface area contributed by atoms with Crippen LogP contribution in [0, 0.1) is 0 Å². The summed E-state index contributed by atoms with van der Waals surface area (Å²) in [5, 5.41) is 5.53. The number of hydrogen-bond acceptors (Lipinski definition) is 3. The highest BCUT2D eigenvalue weighted by atomic mass is 16.2. The van der Waals surface area contributed by atoms with E-state index in [1.165, 1.54) is 0 Å². The molecule has 0 aromatic heterocycles. The highest BCUT2D eigenvalue weighted by Gasteiger charge is 2.21. The van der Waals surface area contributed by atoms with Crippen molar-refractivity contribution in [1.29, 1.82) is 0 Å². The highest BCUT2D eigenvalue weighted by molar-refractivity contribution is 5.97. The van der Waals surface area contributed by atoms with E-state index in [1.807, 2.05) is 18.2 Å². The molecule has 134 valence electrons. The lowest BCUT2D eigenvalue weighted by molar-refractivity contribution is -0.117. The molecule has 1 fully saturated rings. The van der Waals surface area contributed by atoms with Gasteiger partial charge in [0.1, 0.15) is 0 Å². The Morgan fingerprint density at radius 3 is 2.58 bits per heavy atom. The fourth-order valence-corrected chi connectivity index (χ4v) is 2.88. The van der Waals surface area contributed by atoms with Crippen molar-refractivity contribution in [2.45, 2.75) is 19.3 Å². The molecule has 0 radical (unpaired) electrons. The fraction of sp³-hybridized carbons (Fsp3) is 0.250. The van der Waals surface area contributed by atoms with Crippen molar-refractivity contribution in [3.63, 3.8) is 0 Å². The molecule has 1 aliphatic rings. The standard InChI is InChI=1S/C20H21N3O3/c24-18(11-12-21-20(26)15-6-2-1-3-7-15)22-16-8-4-9-17(14-16)23-13-5-10-19(23)25/h1-4,6-9,14H,5,10-13H2,(H,21,26)(H,22,24). The minimum atomic E-state index is -0.201. The molecule has 26 heavy (non-hydrogen) atoms. The monoisotopic (exact) mass is 351 g/mol. The topological polar surface area (TPSA) is 78.5 Å². The zero-order chi connectivity index (χ0) is 18.4. The van der Waals surface area contributed by atoms with Crippen LogP contribution in [0.1, 0.15) is 29.6 Å². The third kappa shape index (κ3) is 4.47. The quantitative estimate of drug-likeness (QED) is 0.840. The number of benzene rings is 2. The Hall–Kier alpha value is -3.15. The maximum atomic E-state index is 12.1. The molecule has 2 aromatic carbocycles. The largest absolute Gasteiger partial charge is 0.352 e. The molecule has 2 N–H and O–H groups in total. The molecule has 3 rings (SSSR count). The van der Waals surface area contributed by atoms with Crippen LogP contribution in [0.25, 0.3) is 0 Å². The third-order valence-electron chi connectivity index (χ3n) is 4.19. The molecule has 0 atom stereocenters. The Morgan fingerprint density at radius 2 is 1.85 bits per heavy atom. The van der Waals surface area contributed by atoms with Crippen LogP contribution in [-0.2, 0) is 9.59 Å². The number of nitrogens with zero attached hydrogens (tertiary/aromatic N) is 1. The number of nitrogens with one attached hydrogen (secondary N) is 2. The van der Waals surface area contributed by atoms with Gasteiger partial charge in [-0.05, 0) is 36.8 Å². The first-order valence-electron chi connectivity index (χ1n) is 8.67. The minimum Gasteiger partial charge on any atom is -0.352 e. The lowest BCUT2D eigenvalue weighted by Gasteiger charge is -2.16. The number of anilines is 2. The molecular weight excluding hydrogens is 330 g/mol. The van der Waals surface area contributed by atoms with Crippen molar-refractivity contribution in [3.8, 4) is 0 Å². The maximum absolute atomic E-state index is 12.1. The van der Waals surface area contributed by atoms with Gasteiger partial charge in [-0.25, -0.2) is 0 Å². The van der Waals surface area contributed by atoms with Gasteiger partial charge in [0.05, 0.1) is 0 Å². The molecule has 1 heterocycles. The summed E-state index contributed by atoms with van der Waals surface area (Å²) in [6, 6.07) is 16.1. The molecule has 1 saturated heterocycles. The average molecular weight is 351 g/mol. The van der Waals surface area contributed by atoms with E-state index in [9.17, 15) is 14.4 Å². The van der Waals surface area contributed by atoms with Crippen molar-refractivity contribution in [2.75, 3.05) is 23.3 Å². The number of hydrogen-bond donors (Lipinski definition) is 2. The van der Waals surface area contributed by atoms with Gasteiger partial charge in [0.2, 0.25) is 11.8 Å². The van der Waals surface area contributed by atoms with E-state index in [0.717, 1.165) is 12.1 Å². The molecule has 0 spiro atoms. The highest BCUT2D eigenvalue weighted by Crippen LogP contribution is 2.24. The van der Waals surface area contributed by atoms with Crippen LogP contribution >= 0.6 is 0 Å². The second kappa shape index (κ2) is 8.29. The van der Waals surface area contributed by atoms with Crippen molar-refractivity contribution in [2.24, 2.45) is 0 Å². The van der Waals surface area contributed by atoms with Gasteiger partial charge >= 0.3 is 0 Å². The molecule has 6 nitrogen and oxygen atoms in total. The molecule has 0 saturated carbocycles. The smallest absolute Gasteiger partial charge is 0.251 e. The molecule has 0 aliphatic carbocycles. The second-order valence-corrected chi connectivity index (χ2v) is 6.12. The van der Waals surface area contributed by atoms with Crippen molar-refractivity contribution in [3.05, 3.63) is 60.2 Å². The van der Waals surface area contributed by atoms with Gasteiger partial charge in [0.15, 0.2) is 0 Å². The lowest BCUT2D eigenvalue weighted by atomic mass is 10.2. The minimum absolute atomic E-state index is 0.108. The SMILES string of the molecule is O=C(CCNC(=O)c1ccccc1)Nc1cccc(N2CCCC2=O)c1. The molecule has 6 heteroatoms. The summed E-state index contributed by atoms with van der Waals surface area (Å²) in [7, 11) is 0. The second-order valence-electron chi connectivity index (χ2n) is 6.12. The molecular formula is C20H21N3O3. The Bertz CT molecular complexity index is 805. The molecule has 1 aliphatic heterocycles. The lowest BCUT2D eigenvalue weighted by Crippen LogP contribution is -2.27. The van der Waals surface area contributed by atoms with E-state index in [2.05, 4.69) is 10.6 Å². The number of amides is 3. The van der Waals surface area contributed by atoms with Crippen LogP contribution in [0.15, 0.2) is 54.6 Å². The Labute approximate surface area is 152 Å². The van der Waals surface area contributed by atoms with Crippen LogP contribution in [0.3, 0.4) is 0 Å². The first kappa shape index (κ1) is 17.7. The van der Waals surface area contributed by atoms with Crippen LogP contribution < -0.4 is 15.5 Å². The van der Waals surface area contributed by atoms with Crippen LogP contribution in [-0.4, -0.2) is 30.8 Å². The van der Waals surface area contributed by atoms with Gasteiger partial charge < -0.3 is 15.5 Å². The Balaban J connectivity index is 1.49.